The monoisotopic (exact) mass is 715 g/mol. The fraction of sp³-hybridized carbons (Fsp3) is 0.146. The molecule has 0 aliphatic heterocycles. The topological polar surface area (TPSA) is 125 Å². The van der Waals surface area contributed by atoms with Crippen LogP contribution in [0.2, 0.25) is 0 Å². The fourth-order valence-electron chi connectivity index (χ4n) is 7.34. The van der Waals surface area contributed by atoms with Crippen molar-refractivity contribution in [2.45, 2.75) is 24.7 Å². The van der Waals surface area contributed by atoms with Crippen LogP contribution in [0.3, 0.4) is 0 Å². The average molecular weight is 716 g/mol. The van der Waals surface area contributed by atoms with Crippen molar-refractivity contribution in [3.05, 3.63) is 189 Å². The molecule has 0 N–H and O–H groups in total. The molecule has 0 aromatic heterocycles. The van der Waals surface area contributed by atoms with Gasteiger partial charge in [-0.3, -0.25) is 0 Å². The normalized spacial score (nSPS) is 12.4. The van der Waals surface area contributed by atoms with Gasteiger partial charge in [-0.2, -0.15) is 21.0 Å². The first kappa shape index (κ1) is 37.3. The van der Waals surface area contributed by atoms with Crippen LogP contribution in [-0.2, 0) is 10.2 Å². The molecular formula is C48H37N5O2. The fourth-order valence-corrected chi connectivity index (χ4v) is 7.34. The highest BCUT2D eigenvalue weighted by Gasteiger charge is 2.36. The minimum Gasteiger partial charge on any atom is -0.462 e. The van der Waals surface area contributed by atoms with Gasteiger partial charge in [0.1, 0.15) is 35.4 Å². The molecule has 0 saturated heterocycles. The van der Waals surface area contributed by atoms with Crippen molar-refractivity contribution in [1.82, 2.24) is 0 Å². The first-order valence-electron chi connectivity index (χ1n) is 17.9. The van der Waals surface area contributed by atoms with Crippen molar-refractivity contribution < 1.29 is 9.53 Å². The molecule has 0 radical (unpaired) electrons. The highest BCUT2D eigenvalue weighted by molar-refractivity contribution is 6.15. The third kappa shape index (κ3) is 7.56. The van der Waals surface area contributed by atoms with Gasteiger partial charge < -0.3 is 9.64 Å². The van der Waals surface area contributed by atoms with E-state index in [0.29, 0.717) is 28.7 Å². The van der Waals surface area contributed by atoms with Crippen LogP contribution < -0.4 is 4.90 Å². The Balaban J connectivity index is 1.28. The lowest BCUT2D eigenvalue weighted by atomic mass is 9.66. The van der Waals surface area contributed by atoms with Gasteiger partial charge in [-0.15, -0.1) is 0 Å². The Kier molecular flexibility index (Phi) is 11.5. The van der Waals surface area contributed by atoms with Gasteiger partial charge in [0.05, 0.1) is 12.2 Å². The van der Waals surface area contributed by atoms with Gasteiger partial charge in [-0.05, 0) is 88.6 Å². The van der Waals surface area contributed by atoms with E-state index in [1.165, 1.54) is 16.7 Å². The summed E-state index contributed by atoms with van der Waals surface area (Å²) in [4.78, 5) is 15.5. The largest absolute Gasteiger partial charge is 0.462 e. The molecule has 0 unspecified atom stereocenters. The van der Waals surface area contributed by atoms with E-state index in [1.54, 1.807) is 24.3 Å². The number of carbonyl (C=O) groups excluding carboxylic acids is 1. The molecule has 0 heterocycles. The van der Waals surface area contributed by atoms with E-state index in [-0.39, 0.29) is 28.9 Å². The summed E-state index contributed by atoms with van der Waals surface area (Å²) in [6.45, 7) is 0.182. The van der Waals surface area contributed by atoms with Gasteiger partial charge in [0.25, 0.3) is 0 Å². The highest BCUT2D eigenvalue weighted by atomic mass is 16.5. The van der Waals surface area contributed by atoms with E-state index in [2.05, 4.69) is 72.8 Å². The Labute approximate surface area is 322 Å². The summed E-state index contributed by atoms with van der Waals surface area (Å²) in [5.41, 5.74) is 6.52. The summed E-state index contributed by atoms with van der Waals surface area (Å²) in [6, 6.07) is 51.8. The average Bonchev–Trinajstić information content (AvgIpc) is 3.53. The standard InChI is InChI=1S/C48H37N5O2/c1-53(2)41-23-20-34(21-24-41)28-44-45(36(30-49)31-50)42-25-22-35(29-43(42)46(44)37(32-51)33-52)47(54)55-27-13-12-26-48(38-14-6-3-7-15-38,39-16-8-4-9-17-39)40-18-10-5-11-19-40/h3-11,14-25,28-29H,12-13,26-27H2,1-2H3/b44-28+. The molecule has 55 heavy (non-hydrogen) atoms. The van der Waals surface area contributed by atoms with Crippen LogP contribution in [0.4, 0.5) is 5.69 Å². The second kappa shape index (κ2) is 16.9. The smallest absolute Gasteiger partial charge is 0.338 e. The van der Waals surface area contributed by atoms with Crippen molar-refractivity contribution in [3.8, 4) is 24.3 Å². The van der Waals surface area contributed by atoms with Gasteiger partial charge in [0, 0.05) is 36.3 Å². The van der Waals surface area contributed by atoms with Crippen molar-refractivity contribution in [3.63, 3.8) is 0 Å². The first-order chi connectivity index (χ1) is 26.9. The van der Waals surface area contributed by atoms with Gasteiger partial charge in [0.15, 0.2) is 0 Å². The molecule has 0 atom stereocenters. The van der Waals surface area contributed by atoms with Crippen LogP contribution in [0.25, 0.3) is 17.2 Å². The van der Waals surface area contributed by atoms with E-state index in [1.807, 2.05) is 85.7 Å². The molecule has 0 spiro atoms. The number of hydrogen-bond acceptors (Lipinski definition) is 7. The Morgan fingerprint density at radius 3 is 1.60 bits per heavy atom. The zero-order valence-corrected chi connectivity index (χ0v) is 30.7. The van der Waals surface area contributed by atoms with Gasteiger partial charge in [0.2, 0.25) is 0 Å². The molecule has 266 valence electrons. The number of unbranched alkanes of at least 4 members (excludes halogenated alkanes) is 1. The predicted molar refractivity (Wildman–Crippen MR) is 215 cm³/mol. The quantitative estimate of drug-likeness (QED) is 0.0577. The second-order valence-corrected chi connectivity index (χ2v) is 13.3. The summed E-state index contributed by atoms with van der Waals surface area (Å²) in [5, 5.41) is 40.1. The van der Waals surface area contributed by atoms with E-state index >= 15 is 0 Å². The van der Waals surface area contributed by atoms with Gasteiger partial charge in [-0.1, -0.05) is 109 Å². The number of allylic oxidation sites excluding steroid dienone is 5. The molecule has 0 fully saturated rings. The summed E-state index contributed by atoms with van der Waals surface area (Å²) in [7, 11) is 3.86. The molecule has 0 bridgehead atoms. The molecule has 7 heteroatoms. The molecule has 0 saturated carbocycles. The Morgan fingerprint density at radius 1 is 0.636 bits per heavy atom. The maximum atomic E-state index is 13.6. The lowest BCUT2D eigenvalue weighted by molar-refractivity contribution is 0.0497. The number of fused-ring (bicyclic) bond motifs is 1. The third-order valence-electron chi connectivity index (χ3n) is 9.98. The van der Waals surface area contributed by atoms with Crippen molar-refractivity contribution in [2.24, 2.45) is 0 Å². The van der Waals surface area contributed by atoms with Gasteiger partial charge in [-0.25, -0.2) is 4.79 Å². The second-order valence-electron chi connectivity index (χ2n) is 13.3. The van der Waals surface area contributed by atoms with Crippen LogP contribution in [0.1, 0.15) is 63.0 Å². The lowest BCUT2D eigenvalue weighted by Crippen LogP contribution is -2.29. The van der Waals surface area contributed by atoms with Gasteiger partial charge >= 0.3 is 5.97 Å². The van der Waals surface area contributed by atoms with Crippen LogP contribution in [0, 0.1) is 45.3 Å². The number of esters is 1. The van der Waals surface area contributed by atoms with Crippen molar-refractivity contribution in [1.29, 1.82) is 21.0 Å². The van der Waals surface area contributed by atoms with Crippen LogP contribution in [0.5, 0.6) is 0 Å². The first-order valence-corrected chi connectivity index (χ1v) is 17.9. The number of anilines is 1. The number of nitrogens with zero attached hydrogens (tertiary/aromatic N) is 5. The Morgan fingerprint density at radius 2 is 1.13 bits per heavy atom. The molecular weight excluding hydrogens is 679 g/mol. The molecule has 6 rings (SSSR count). The molecule has 1 aliphatic rings. The van der Waals surface area contributed by atoms with Crippen molar-refractivity contribution >= 4 is 28.9 Å². The molecule has 7 nitrogen and oxygen atoms in total. The van der Waals surface area contributed by atoms with E-state index in [0.717, 1.165) is 24.1 Å². The Hall–Kier alpha value is -7.45. The van der Waals surface area contributed by atoms with Crippen LogP contribution >= 0.6 is 0 Å². The summed E-state index contributed by atoms with van der Waals surface area (Å²) < 4.78 is 5.82. The zero-order valence-electron chi connectivity index (χ0n) is 30.7. The third-order valence-corrected chi connectivity index (χ3v) is 9.98. The number of nitriles is 4. The number of hydrogen-bond donors (Lipinski definition) is 0. The highest BCUT2D eigenvalue weighted by Crippen LogP contribution is 2.49. The number of rotatable bonds is 11. The maximum Gasteiger partial charge on any atom is 0.338 e. The zero-order chi connectivity index (χ0) is 38.8. The molecule has 5 aromatic carbocycles. The van der Waals surface area contributed by atoms with Crippen molar-refractivity contribution in [2.75, 3.05) is 25.6 Å². The van der Waals surface area contributed by atoms with Crippen LogP contribution in [-0.4, -0.2) is 26.7 Å². The van der Waals surface area contributed by atoms with E-state index < -0.39 is 11.4 Å². The number of benzene rings is 5. The number of carbonyl (C=O) groups is 1. The SMILES string of the molecule is CN(C)c1ccc(/C=C2\C(=C(C#N)C#N)c3ccc(C(=O)OCCCCC(c4ccccc4)(c4ccccc4)c4ccccc4)cc3C2=C(C#N)C#N)cc1. The minimum absolute atomic E-state index is 0.171. The lowest BCUT2D eigenvalue weighted by Gasteiger charge is -2.36. The summed E-state index contributed by atoms with van der Waals surface area (Å²) in [5.74, 6) is -0.555. The minimum atomic E-state index is -0.555. The maximum absolute atomic E-state index is 13.6. The molecule has 0 amide bonds. The summed E-state index contributed by atoms with van der Waals surface area (Å²) >= 11 is 0. The van der Waals surface area contributed by atoms with E-state index in [9.17, 15) is 25.8 Å². The molecule has 5 aromatic rings. The van der Waals surface area contributed by atoms with E-state index in [4.69, 9.17) is 4.74 Å². The predicted octanol–water partition coefficient (Wildman–Crippen LogP) is 9.81. The molecule has 1 aliphatic carbocycles. The summed E-state index contributed by atoms with van der Waals surface area (Å²) in [6.07, 6.45) is 3.91. The van der Waals surface area contributed by atoms with Crippen LogP contribution in [0.15, 0.2) is 150 Å². The number of ether oxygens (including phenoxy) is 1. The Bertz CT molecular complexity index is 2340.